The van der Waals surface area contributed by atoms with Crippen LogP contribution < -0.4 is 5.56 Å². The fourth-order valence-electron chi connectivity index (χ4n) is 3.62. The van der Waals surface area contributed by atoms with E-state index < -0.39 is 0 Å². The van der Waals surface area contributed by atoms with Gasteiger partial charge in [-0.1, -0.05) is 11.8 Å². The number of hydrogen-bond acceptors (Lipinski definition) is 6. The third-order valence-electron chi connectivity index (χ3n) is 5.10. The van der Waals surface area contributed by atoms with Crippen LogP contribution in [-0.2, 0) is 24.2 Å². The van der Waals surface area contributed by atoms with Gasteiger partial charge in [0.05, 0.1) is 10.6 Å². The first kappa shape index (κ1) is 21.3. The summed E-state index contributed by atoms with van der Waals surface area (Å²) in [5.74, 6) is 0.0321. The third kappa shape index (κ3) is 4.44. The van der Waals surface area contributed by atoms with Crippen molar-refractivity contribution < 1.29 is 4.79 Å². The number of carbonyl (C=O) groups excluding carboxylic acids is 1. The van der Waals surface area contributed by atoms with Crippen LogP contribution in [0.4, 0.5) is 0 Å². The molecule has 2 heterocycles. The van der Waals surface area contributed by atoms with Crippen molar-refractivity contribution in [2.24, 2.45) is 0 Å². The van der Waals surface area contributed by atoms with E-state index in [9.17, 15) is 9.59 Å². The first-order chi connectivity index (χ1) is 13.3. The summed E-state index contributed by atoms with van der Waals surface area (Å²) in [4.78, 5) is 36.6. The predicted octanol–water partition coefficient (Wildman–Crippen LogP) is 2.86. The van der Waals surface area contributed by atoms with Crippen LogP contribution in [0.5, 0.6) is 0 Å². The lowest BCUT2D eigenvalue weighted by Crippen LogP contribution is -2.31. The number of thiophene rings is 1. The van der Waals surface area contributed by atoms with Gasteiger partial charge in [-0.2, -0.15) is 0 Å². The van der Waals surface area contributed by atoms with Gasteiger partial charge in [0, 0.05) is 25.5 Å². The first-order valence-corrected chi connectivity index (χ1v) is 11.6. The van der Waals surface area contributed by atoms with Crippen molar-refractivity contribution in [3.05, 3.63) is 20.8 Å². The van der Waals surface area contributed by atoms with Gasteiger partial charge in [-0.05, 0) is 65.2 Å². The minimum Gasteiger partial charge on any atom is -0.348 e. The van der Waals surface area contributed by atoms with Gasteiger partial charge in [0.2, 0.25) is 5.91 Å². The van der Waals surface area contributed by atoms with Crippen molar-refractivity contribution in [3.8, 4) is 0 Å². The topological polar surface area (TPSA) is 58.4 Å². The van der Waals surface area contributed by atoms with Crippen molar-refractivity contribution >= 4 is 39.2 Å². The van der Waals surface area contributed by atoms with Crippen LogP contribution in [0.15, 0.2) is 9.95 Å². The summed E-state index contributed by atoms with van der Waals surface area (Å²) in [6.07, 6.45) is 5.23. The maximum absolute atomic E-state index is 13.5. The normalized spacial score (nSPS) is 15.1. The highest BCUT2D eigenvalue weighted by Crippen LogP contribution is 2.35. The second kappa shape index (κ2) is 8.97. The van der Waals surface area contributed by atoms with Gasteiger partial charge in [-0.15, -0.1) is 11.3 Å². The summed E-state index contributed by atoms with van der Waals surface area (Å²) in [7, 11) is 7.58. The Labute approximate surface area is 174 Å². The molecular weight excluding hydrogens is 392 g/mol. The molecule has 1 unspecified atom stereocenters. The molecule has 0 aliphatic heterocycles. The van der Waals surface area contributed by atoms with Crippen LogP contribution in [-0.4, -0.2) is 65.2 Å². The molecule has 0 N–H and O–H groups in total. The summed E-state index contributed by atoms with van der Waals surface area (Å²) in [6, 6.07) is 0. The van der Waals surface area contributed by atoms with Crippen LogP contribution in [0, 0.1) is 0 Å². The van der Waals surface area contributed by atoms with Gasteiger partial charge in [0.1, 0.15) is 4.83 Å². The number of rotatable bonds is 7. The summed E-state index contributed by atoms with van der Waals surface area (Å²) in [6.45, 7) is 3.41. The Kier molecular flexibility index (Phi) is 6.83. The van der Waals surface area contributed by atoms with E-state index in [4.69, 9.17) is 4.98 Å². The molecule has 0 bridgehead atoms. The van der Waals surface area contributed by atoms with E-state index in [0.29, 0.717) is 11.7 Å². The number of carbonyl (C=O) groups is 1. The van der Waals surface area contributed by atoms with E-state index in [1.807, 2.05) is 21.0 Å². The van der Waals surface area contributed by atoms with Crippen molar-refractivity contribution in [1.82, 2.24) is 19.4 Å². The van der Waals surface area contributed by atoms with Crippen LogP contribution in [0.1, 0.15) is 36.6 Å². The maximum Gasteiger partial charge on any atom is 0.263 e. The molecular formula is C20H30N4O2S2. The molecule has 1 amide bonds. The minimum atomic E-state index is -0.283. The number of fused-ring (bicyclic) bond motifs is 3. The molecule has 2 aromatic rings. The molecule has 0 fully saturated rings. The molecule has 1 aliphatic rings. The quantitative estimate of drug-likeness (QED) is 0.507. The maximum atomic E-state index is 13.5. The summed E-state index contributed by atoms with van der Waals surface area (Å²) < 4.78 is 1.80. The van der Waals surface area contributed by atoms with Crippen molar-refractivity contribution in [1.29, 1.82) is 0 Å². The summed E-state index contributed by atoms with van der Waals surface area (Å²) >= 11 is 3.06. The fraction of sp³-hybridized carbons (Fsp3) is 0.650. The number of hydrogen-bond donors (Lipinski definition) is 0. The zero-order valence-corrected chi connectivity index (χ0v) is 19.1. The number of amides is 1. The van der Waals surface area contributed by atoms with Crippen molar-refractivity contribution in [2.75, 3.05) is 34.7 Å². The van der Waals surface area contributed by atoms with Crippen LogP contribution in [0.2, 0.25) is 0 Å². The molecule has 0 radical (unpaired) electrons. The lowest BCUT2D eigenvalue weighted by atomic mass is 9.97. The average molecular weight is 423 g/mol. The lowest BCUT2D eigenvalue weighted by molar-refractivity contribution is -0.127. The van der Waals surface area contributed by atoms with Crippen molar-refractivity contribution in [3.63, 3.8) is 0 Å². The Morgan fingerprint density at radius 2 is 1.96 bits per heavy atom. The number of nitrogens with zero attached hydrogens (tertiary/aromatic N) is 4. The second-order valence-corrected chi connectivity index (χ2v) is 10.3. The van der Waals surface area contributed by atoms with Gasteiger partial charge >= 0.3 is 0 Å². The van der Waals surface area contributed by atoms with E-state index >= 15 is 0 Å². The summed E-state index contributed by atoms with van der Waals surface area (Å²) in [5.41, 5.74) is 1.29. The number of aryl methyl sites for hydroxylation is 2. The molecule has 0 saturated carbocycles. The minimum absolute atomic E-state index is 0.0321. The molecule has 2 aromatic heterocycles. The average Bonchev–Trinajstić information content (AvgIpc) is 3.01. The second-order valence-electron chi connectivity index (χ2n) is 7.89. The van der Waals surface area contributed by atoms with Crippen LogP contribution in [0.3, 0.4) is 0 Å². The third-order valence-corrected chi connectivity index (χ3v) is 7.36. The highest BCUT2D eigenvalue weighted by Gasteiger charge is 2.24. The van der Waals surface area contributed by atoms with Crippen LogP contribution in [0.25, 0.3) is 10.2 Å². The molecule has 1 aliphatic carbocycles. The zero-order valence-electron chi connectivity index (χ0n) is 17.4. The largest absolute Gasteiger partial charge is 0.348 e. The molecule has 3 rings (SSSR count). The van der Waals surface area contributed by atoms with Gasteiger partial charge in [0.15, 0.2) is 5.16 Å². The molecule has 0 saturated heterocycles. The van der Waals surface area contributed by atoms with Gasteiger partial charge < -0.3 is 9.80 Å². The predicted molar refractivity (Wildman–Crippen MR) is 118 cm³/mol. The van der Waals surface area contributed by atoms with Gasteiger partial charge in [0.25, 0.3) is 5.56 Å². The monoisotopic (exact) mass is 422 g/mol. The Bertz CT molecular complexity index is 917. The van der Waals surface area contributed by atoms with Gasteiger partial charge in [-0.25, -0.2) is 4.98 Å². The Morgan fingerprint density at radius 3 is 2.64 bits per heavy atom. The molecule has 0 aromatic carbocycles. The number of thioether (sulfide) groups is 1. The SMILES string of the molecule is CC(Sc1nc2sc3c(c2c(=O)n1CCCN(C)C)CCCC3)C(=O)N(C)C. The Hall–Kier alpha value is -1.38. The van der Waals surface area contributed by atoms with E-state index in [0.717, 1.165) is 42.4 Å². The van der Waals surface area contributed by atoms with E-state index in [1.54, 1.807) is 34.9 Å². The lowest BCUT2D eigenvalue weighted by Gasteiger charge is -2.19. The molecule has 1 atom stereocenters. The molecule has 28 heavy (non-hydrogen) atoms. The fourth-order valence-corrected chi connectivity index (χ4v) is 6.01. The van der Waals surface area contributed by atoms with E-state index in [2.05, 4.69) is 4.90 Å². The highest BCUT2D eigenvalue weighted by molar-refractivity contribution is 8.00. The first-order valence-electron chi connectivity index (χ1n) is 9.87. The Morgan fingerprint density at radius 1 is 1.25 bits per heavy atom. The van der Waals surface area contributed by atoms with E-state index in [1.165, 1.54) is 28.6 Å². The molecule has 8 heteroatoms. The zero-order chi connectivity index (χ0) is 20.4. The number of aromatic nitrogens is 2. The van der Waals surface area contributed by atoms with E-state index in [-0.39, 0.29) is 16.7 Å². The summed E-state index contributed by atoms with van der Waals surface area (Å²) in [5, 5.41) is 1.20. The molecule has 6 nitrogen and oxygen atoms in total. The highest BCUT2D eigenvalue weighted by atomic mass is 32.2. The molecule has 154 valence electrons. The Balaban J connectivity index is 2.04. The van der Waals surface area contributed by atoms with Crippen molar-refractivity contribution in [2.45, 2.75) is 56.0 Å². The van der Waals surface area contributed by atoms with Crippen LogP contribution >= 0.6 is 23.1 Å². The van der Waals surface area contributed by atoms with Gasteiger partial charge in [-0.3, -0.25) is 14.2 Å². The smallest absolute Gasteiger partial charge is 0.263 e. The standard InChI is InChI=1S/C20H30N4O2S2/c1-13(18(25)23(4)5)27-20-21-17-16(14-9-6-7-10-15(14)28-17)19(26)24(20)12-8-11-22(2)3/h13H,6-12H2,1-5H3. The molecule has 0 spiro atoms.